The van der Waals surface area contributed by atoms with Crippen LogP contribution < -0.4 is 5.32 Å². The summed E-state index contributed by atoms with van der Waals surface area (Å²) in [5, 5.41) is 3.61. The van der Waals surface area contributed by atoms with Gasteiger partial charge < -0.3 is 14.8 Å². The number of nitrogens with zero attached hydrogens (tertiary/aromatic N) is 3. The Morgan fingerprint density at radius 2 is 2.10 bits per heavy atom. The van der Waals surface area contributed by atoms with Gasteiger partial charge in [0.15, 0.2) is 0 Å². The first-order valence-corrected chi connectivity index (χ1v) is 8.30. The van der Waals surface area contributed by atoms with E-state index < -0.39 is 0 Å². The molecule has 0 unspecified atom stereocenters. The molecule has 0 radical (unpaired) electrons. The summed E-state index contributed by atoms with van der Waals surface area (Å²) in [4.78, 5) is 18.5. The Hall–Kier alpha value is -1.36. The maximum atomic E-state index is 12.0. The maximum Gasteiger partial charge on any atom is 0.225 e. The van der Waals surface area contributed by atoms with Crippen LogP contribution in [0.25, 0.3) is 0 Å². The molecule has 0 spiro atoms. The topological polar surface area (TPSA) is 50.2 Å². The second kappa shape index (κ2) is 6.60. The Balaban J connectivity index is 1.42. The minimum Gasteiger partial charge on any atom is -0.342 e. The fourth-order valence-corrected chi connectivity index (χ4v) is 3.08. The first kappa shape index (κ1) is 14.6. The van der Waals surface area contributed by atoms with Crippen molar-refractivity contribution in [2.75, 3.05) is 13.1 Å². The van der Waals surface area contributed by atoms with Crippen LogP contribution in [-0.4, -0.2) is 39.5 Å². The minimum absolute atomic E-state index is 0.357. The molecular weight excluding hydrogens is 264 g/mol. The van der Waals surface area contributed by atoms with Crippen molar-refractivity contribution in [3.05, 3.63) is 18.2 Å². The molecule has 1 aromatic heterocycles. The van der Waals surface area contributed by atoms with E-state index in [2.05, 4.69) is 32.9 Å². The first-order valence-electron chi connectivity index (χ1n) is 8.30. The van der Waals surface area contributed by atoms with E-state index in [1.54, 1.807) is 0 Å². The van der Waals surface area contributed by atoms with Crippen LogP contribution in [0.15, 0.2) is 12.4 Å². The van der Waals surface area contributed by atoms with Gasteiger partial charge in [-0.3, -0.25) is 4.79 Å². The Kier molecular flexibility index (Phi) is 4.58. The number of carbonyl (C=O) groups is 1. The lowest BCUT2D eigenvalue weighted by Crippen LogP contribution is -2.45. The van der Waals surface area contributed by atoms with Crippen molar-refractivity contribution in [2.45, 2.75) is 58.2 Å². The third kappa shape index (κ3) is 3.64. The average Bonchev–Trinajstić information content (AvgIpc) is 3.27. The Morgan fingerprint density at radius 3 is 2.76 bits per heavy atom. The van der Waals surface area contributed by atoms with Gasteiger partial charge in [0, 0.05) is 44.0 Å². The van der Waals surface area contributed by atoms with Crippen LogP contribution in [0.4, 0.5) is 0 Å². The molecule has 116 valence electrons. The number of imidazole rings is 1. The molecule has 1 saturated heterocycles. The van der Waals surface area contributed by atoms with Gasteiger partial charge in [0.05, 0.1) is 6.54 Å². The van der Waals surface area contributed by atoms with Crippen LogP contribution in [0, 0.1) is 5.92 Å². The van der Waals surface area contributed by atoms with E-state index in [1.807, 2.05) is 6.20 Å². The number of nitrogens with one attached hydrogen (secondary N) is 1. The predicted octanol–water partition coefficient (Wildman–Crippen LogP) is 1.78. The molecule has 21 heavy (non-hydrogen) atoms. The van der Waals surface area contributed by atoms with Crippen molar-refractivity contribution in [3.8, 4) is 0 Å². The monoisotopic (exact) mass is 290 g/mol. The second-order valence-electron chi connectivity index (χ2n) is 6.29. The number of piperidine rings is 1. The summed E-state index contributed by atoms with van der Waals surface area (Å²) in [6.45, 7) is 5.87. The summed E-state index contributed by atoms with van der Waals surface area (Å²) in [5.41, 5.74) is 0. The van der Waals surface area contributed by atoms with Gasteiger partial charge >= 0.3 is 0 Å². The highest BCUT2D eigenvalue weighted by molar-refractivity contribution is 5.81. The van der Waals surface area contributed by atoms with Crippen molar-refractivity contribution in [3.63, 3.8) is 0 Å². The summed E-state index contributed by atoms with van der Waals surface area (Å²) in [6.07, 6.45) is 9.40. The van der Waals surface area contributed by atoms with Crippen molar-refractivity contribution in [1.82, 2.24) is 19.8 Å². The van der Waals surface area contributed by atoms with E-state index in [-0.39, 0.29) is 0 Å². The van der Waals surface area contributed by atoms with Gasteiger partial charge in [-0.05, 0) is 32.1 Å². The number of amides is 1. The van der Waals surface area contributed by atoms with E-state index in [9.17, 15) is 4.79 Å². The third-order valence-electron chi connectivity index (χ3n) is 4.55. The lowest BCUT2D eigenvalue weighted by molar-refractivity contribution is -0.133. The van der Waals surface area contributed by atoms with E-state index in [0.717, 1.165) is 64.1 Å². The standard InChI is InChI=1S/C16H26N4O/c1-2-8-19-11-7-17-15(19)12-18-14-5-9-20(10-6-14)16(21)13-3-4-13/h7,11,13-14,18H,2-6,8-10,12H2,1H3. The molecular formula is C16H26N4O. The number of carbonyl (C=O) groups excluding carboxylic acids is 1. The number of aromatic nitrogens is 2. The molecule has 1 aromatic rings. The number of hydrogen-bond donors (Lipinski definition) is 1. The lowest BCUT2D eigenvalue weighted by atomic mass is 10.0. The third-order valence-corrected chi connectivity index (χ3v) is 4.55. The molecule has 1 amide bonds. The van der Waals surface area contributed by atoms with Crippen molar-refractivity contribution in [1.29, 1.82) is 0 Å². The molecule has 5 heteroatoms. The molecule has 1 aliphatic heterocycles. The van der Waals surface area contributed by atoms with Crippen LogP contribution >= 0.6 is 0 Å². The van der Waals surface area contributed by atoms with Gasteiger partial charge in [-0.15, -0.1) is 0 Å². The van der Waals surface area contributed by atoms with E-state index in [0.29, 0.717) is 17.9 Å². The van der Waals surface area contributed by atoms with Gasteiger partial charge in [0.25, 0.3) is 0 Å². The molecule has 0 atom stereocenters. The van der Waals surface area contributed by atoms with Gasteiger partial charge in [-0.2, -0.15) is 0 Å². The minimum atomic E-state index is 0.357. The molecule has 2 fully saturated rings. The maximum absolute atomic E-state index is 12.0. The largest absolute Gasteiger partial charge is 0.342 e. The number of likely N-dealkylation sites (tertiary alicyclic amines) is 1. The summed E-state index contributed by atoms with van der Waals surface area (Å²) in [6, 6.07) is 0.514. The van der Waals surface area contributed by atoms with E-state index in [4.69, 9.17) is 0 Å². The Labute approximate surface area is 126 Å². The summed E-state index contributed by atoms with van der Waals surface area (Å²) in [7, 11) is 0. The van der Waals surface area contributed by atoms with Gasteiger partial charge in [0.2, 0.25) is 5.91 Å². The molecule has 0 aromatic carbocycles. The zero-order valence-electron chi connectivity index (χ0n) is 12.9. The van der Waals surface area contributed by atoms with E-state index in [1.165, 1.54) is 0 Å². The fourth-order valence-electron chi connectivity index (χ4n) is 3.08. The summed E-state index contributed by atoms with van der Waals surface area (Å²) in [5.74, 6) is 1.87. The lowest BCUT2D eigenvalue weighted by Gasteiger charge is -2.32. The highest BCUT2D eigenvalue weighted by atomic mass is 16.2. The predicted molar refractivity (Wildman–Crippen MR) is 81.7 cm³/mol. The molecule has 1 N–H and O–H groups in total. The smallest absolute Gasteiger partial charge is 0.225 e. The molecule has 1 aliphatic carbocycles. The molecule has 0 bridgehead atoms. The van der Waals surface area contributed by atoms with Gasteiger partial charge in [-0.1, -0.05) is 6.92 Å². The van der Waals surface area contributed by atoms with Crippen molar-refractivity contribution in [2.24, 2.45) is 5.92 Å². The van der Waals surface area contributed by atoms with Crippen molar-refractivity contribution >= 4 is 5.91 Å². The summed E-state index contributed by atoms with van der Waals surface area (Å²) >= 11 is 0. The molecule has 2 aliphatic rings. The van der Waals surface area contributed by atoms with Crippen LogP contribution in [0.5, 0.6) is 0 Å². The highest BCUT2D eigenvalue weighted by Gasteiger charge is 2.34. The zero-order chi connectivity index (χ0) is 14.7. The van der Waals surface area contributed by atoms with E-state index >= 15 is 0 Å². The zero-order valence-corrected chi connectivity index (χ0v) is 12.9. The van der Waals surface area contributed by atoms with Crippen LogP contribution in [0.3, 0.4) is 0 Å². The Bertz CT molecular complexity index is 472. The average molecular weight is 290 g/mol. The molecule has 5 nitrogen and oxygen atoms in total. The first-order chi connectivity index (χ1) is 10.3. The molecule has 2 heterocycles. The van der Waals surface area contributed by atoms with Crippen LogP contribution in [-0.2, 0) is 17.9 Å². The normalized spacial score (nSPS) is 20.0. The highest BCUT2D eigenvalue weighted by Crippen LogP contribution is 2.31. The fraction of sp³-hybridized carbons (Fsp3) is 0.750. The SMILES string of the molecule is CCCn1ccnc1CNC1CCN(C(=O)C2CC2)CC1. The van der Waals surface area contributed by atoms with Crippen LogP contribution in [0.2, 0.25) is 0 Å². The Morgan fingerprint density at radius 1 is 1.33 bits per heavy atom. The second-order valence-corrected chi connectivity index (χ2v) is 6.29. The number of hydrogen-bond acceptors (Lipinski definition) is 3. The van der Waals surface area contributed by atoms with Gasteiger partial charge in [-0.25, -0.2) is 4.98 Å². The van der Waals surface area contributed by atoms with Crippen molar-refractivity contribution < 1.29 is 4.79 Å². The van der Waals surface area contributed by atoms with Gasteiger partial charge in [0.1, 0.15) is 5.82 Å². The number of rotatable bonds is 6. The van der Waals surface area contributed by atoms with Crippen LogP contribution in [0.1, 0.15) is 44.9 Å². The molecule has 1 saturated carbocycles. The quantitative estimate of drug-likeness (QED) is 0.869. The molecule has 3 rings (SSSR count). The summed E-state index contributed by atoms with van der Waals surface area (Å²) < 4.78 is 2.22. The number of aryl methyl sites for hydroxylation is 1.